The van der Waals surface area contributed by atoms with E-state index >= 15 is 0 Å². The molecule has 0 bridgehead atoms. The summed E-state index contributed by atoms with van der Waals surface area (Å²) in [6.45, 7) is 2.99. The smallest absolute Gasteiger partial charge is 0.255 e. The summed E-state index contributed by atoms with van der Waals surface area (Å²) in [7, 11) is -1.97. The number of carbonyl (C=O) groups is 1. The monoisotopic (exact) mass is 353 g/mol. The molecule has 24 heavy (non-hydrogen) atoms. The van der Waals surface area contributed by atoms with Crippen LogP contribution in [-0.4, -0.2) is 76.0 Å². The minimum Gasteiger partial charge on any atom is -0.379 e. The van der Waals surface area contributed by atoms with Crippen molar-refractivity contribution in [2.45, 2.75) is 17.4 Å². The van der Waals surface area contributed by atoms with Crippen molar-refractivity contribution in [2.75, 3.05) is 46.4 Å². The molecule has 7 nitrogen and oxygen atoms in total. The number of hydrogen-bond acceptors (Lipinski definition) is 5. The number of morpholine rings is 1. The summed E-state index contributed by atoms with van der Waals surface area (Å²) in [6, 6.07) is 6.55. The SMILES string of the molecule is CN(C(=O)c1ccccc1S(=O)(=O)N1CCOCC1)C1CCNC1. The van der Waals surface area contributed by atoms with E-state index in [0.717, 1.165) is 19.5 Å². The average molecular weight is 353 g/mol. The molecule has 2 aliphatic heterocycles. The Hall–Kier alpha value is -1.48. The molecule has 1 N–H and O–H groups in total. The molecule has 0 aliphatic carbocycles. The van der Waals surface area contributed by atoms with Gasteiger partial charge in [0.15, 0.2) is 0 Å². The van der Waals surface area contributed by atoms with Gasteiger partial charge in [-0.3, -0.25) is 4.79 Å². The number of ether oxygens (including phenoxy) is 1. The highest BCUT2D eigenvalue weighted by Crippen LogP contribution is 2.23. The highest BCUT2D eigenvalue weighted by Gasteiger charge is 2.32. The number of likely N-dealkylation sites (N-methyl/N-ethyl adjacent to an activating group) is 1. The van der Waals surface area contributed by atoms with E-state index in [-0.39, 0.29) is 22.4 Å². The zero-order valence-corrected chi connectivity index (χ0v) is 14.6. The molecule has 2 fully saturated rings. The molecule has 0 saturated carbocycles. The van der Waals surface area contributed by atoms with Gasteiger partial charge in [-0.1, -0.05) is 12.1 Å². The fraction of sp³-hybridized carbons (Fsp3) is 0.562. The van der Waals surface area contributed by atoms with Crippen LogP contribution in [0.5, 0.6) is 0 Å². The largest absolute Gasteiger partial charge is 0.379 e. The van der Waals surface area contributed by atoms with Gasteiger partial charge in [-0.25, -0.2) is 8.42 Å². The van der Waals surface area contributed by atoms with Crippen LogP contribution in [0.4, 0.5) is 0 Å². The molecule has 2 aliphatic rings. The maximum Gasteiger partial charge on any atom is 0.255 e. The standard InChI is InChI=1S/C16H23N3O4S/c1-18(13-6-7-17-12-13)16(20)14-4-2-3-5-15(14)24(21,22)19-8-10-23-11-9-19/h2-5,13,17H,6-12H2,1H3. The Morgan fingerprint density at radius 1 is 1.29 bits per heavy atom. The molecular weight excluding hydrogens is 330 g/mol. The topological polar surface area (TPSA) is 79.0 Å². The zero-order valence-electron chi connectivity index (χ0n) is 13.8. The van der Waals surface area contributed by atoms with Crippen LogP contribution in [0.25, 0.3) is 0 Å². The first kappa shape index (κ1) is 17.3. The van der Waals surface area contributed by atoms with Crippen molar-refractivity contribution in [2.24, 2.45) is 0 Å². The number of benzene rings is 1. The van der Waals surface area contributed by atoms with Crippen molar-refractivity contribution in [3.8, 4) is 0 Å². The quantitative estimate of drug-likeness (QED) is 0.833. The van der Waals surface area contributed by atoms with Gasteiger partial charge < -0.3 is 15.0 Å². The Labute approximate surface area is 142 Å². The first-order valence-corrected chi connectivity index (χ1v) is 9.60. The van der Waals surface area contributed by atoms with Gasteiger partial charge in [0, 0.05) is 32.7 Å². The van der Waals surface area contributed by atoms with Crippen LogP contribution in [-0.2, 0) is 14.8 Å². The lowest BCUT2D eigenvalue weighted by atomic mass is 10.1. The van der Waals surface area contributed by atoms with E-state index in [4.69, 9.17) is 4.74 Å². The van der Waals surface area contributed by atoms with E-state index < -0.39 is 10.0 Å². The van der Waals surface area contributed by atoms with Crippen LogP contribution in [0.15, 0.2) is 29.2 Å². The first-order chi connectivity index (χ1) is 11.5. The summed E-state index contributed by atoms with van der Waals surface area (Å²) < 4.78 is 32.5. The molecule has 3 rings (SSSR count). The van der Waals surface area contributed by atoms with Gasteiger partial charge in [0.25, 0.3) is 5.91 Å². The van der Waals surface area contributed by atoms with Gasteiger partial charge in [0.2, 0.25) is 10.0 Å². The Morgan fingerprint density at radius 3 is 2.67 bits per heavy atom. The number of rotatable bonds is 4. The third-order valence-corrected chi connectivity index (χ3v) is 6.56. The summed E-state index contributed by atoms with van der Waals surface area (Å²) in [4.78, 5) is 14.6. The Balaban J connectivity index is 1.91. The number of hydrogen-bond donors (Lipinski definition) is 1. The van der Waals surface area contributed by atoms with Crippen LogP contribution < -0.4 is 5.32 Å². The second-order valence-corrected chi connectivity index (χ2v) is 7.98. The minimum atomic E-state index is -3.70. The summed E-state index contributed by atoms with van der Waals surface area (Å²) >= 11 is 0. The summed E-state index contributed by atoms with van der Waals surface area (Å²) in [5.41, 5.74) is 0.235. The Kier molecular flexibility index (Phi) is 5.19. The molecule has 0 radical (unpaired) electrons. The van der Waals surface area contributed by atoms with Crippen molar-refractivity contribution in [1.29, 1.82) is 0 Å². The van der Waals surface area contributed by atoms with Gasteiger partial charge >= 0.3 is 0 Å². The number of amides is 1. The summed E-state index contributed by atoms with van der Waals surface area (Å²) in [5, 5.41) is 3.22. The lowest BCUT2D eigenvalue weighted by Crippen LogP contribution is -2.42. The van der Waals surface area contributed by atoms with Gasteiger partial charge in [-0.05, 0) is 25.1 Å². The zero-order chi connectivity index (χ0) is 17.2. The van der Waals surface area contributed by atoms with Crippen molar-refractivity contribution in [3.63, 3.8) is 0 Å². The van der Waals surface area contributed by atoms with E-state index in [0.29, 0.717) is 26.3 Å². The van der Waals surface area contributed by atoms with E-state index in [2.05, 4.69) is 5.32 Å². The summed E-state index contributed by atoms with van der Waals surface area (Å²) in [5.74, 6) is -0.254. The van der Waals surface area contributed by atoms with Gasteiger partial charge in [0.1, 0.15) is 0 Å². The maximum absolute atomic E-state index is 12.9. The second kappa shape index (κ2) is 7.18. The molecule has 1 unspecified atom stereocenters. The summed E-state index contributed by atoms with van der Waals surface area (Å²) in [6.07, 6.45) is 0.876. The van der Waals surface area contributed by atoms with Crippen LogP contribution in [0.1, 0.15) is 16.8 Å². The van der Waals surface area contributed by atoms with Gasteiger partial charge in [-0.2, -0.15) is 4.31 Å². The second-order valence-electron chi connectivity index (χ2n) is 6.08. The normalized spacial score (nSPS) is 22.5. The fourth-order valence-corrected chi connectivity index (χ4v) is 4.71. The number of carbonyl (C=O) groups excluding carboxylic acids is 1. The van der Waals surface area contributed by atoms with E-state index in [9.17, 15) is 13.2 Å². The number of nitrogens with one attached hydrogen (secondary N) is 1. The van der Waals surface area contributed by atoms with Crippen molar-refractivity contribution >= 4 is 15.9 Å². The lowest BCUT2D eigenvalue weighted by Gasteiger charge is -2.28. The number of nitrogens with zero attached hydrogens (tertiary/aromatic N) is 2. The maximum atomic E-state index is 12.9. The third kappa shape index (κ3) is 3.32. The van der Waals surface area contributed by atoms with Crippen LogP contribution in [0, 0.1) is 0 Å². The molecule has 0 aromatic heterocycles. The molecule has 2 heterocycles. The third-order valence-electron chi connectivity index (χ3n) is 4.61. The Bertz CT molecular complexity index is 695. The van der Waals surface area contributed by atoms with Crippen LogP contribution in [0.3, 0.4) is 0 Å². The van der Waals surface area contributed by atoms with Crippen LogP contribution in [0.2, 0.25) is 0 Å². The predicted octanol–water partition coefficient (Wildman–Crippen LogP) is 0.141. The van der Waals surface area contributed by atoms with E-state index in [1.165, 1.54) is 10.4 Å². The van der Waals surface area contributed by atoms with E-state index in [1.54, 1.807) is 30.1 Å². The minimum absolute atomic E-state index is 0.0784. The van der Waals surface area contributed by atoms with Crippen LogP contribution >= 0.6 is 0 Å². The van der Waals surface area contributed by atoms with Gasteiger partial charge in [0.05, 0.1) is 23.7 Å². The molecule has 1 aromatic rings. The molecule has 8 heteroatoms. The molecule has 2 saturated heterocycles. The highest BCUT2D eigenvalue weighted by atomic mass is 32.2. The van der Waals surface area contributed by atoms with Gasteiger partial charge in [-0.15, -0.1) is 0 Å². The Morgan fingerprint density at radius 2 is 2.00 bits per heavy atom. The van der Waals surface area contributed by atoms with Crippen molar-refractivity contribution in [1.82, 2.24) is 14.5 Å². The molecule has 132 valence electrons. The van der Waals surface area contributed by atoms with Crippen molar-refractivity contribution < 1.29 is 17.9 Å². The molecule has 0 spiro atoms. The van der Waals surface area contributed by atoms with Crippen molar-refractivity contribution in [3.05, 3.63) is 29.8 Å². The lowest BCUT2D eigenvalue weighted by molar-refractivity contribution is 0.0721. The molecular formula is C16H23N3O4S. The average Bonchev–Trinajstić information content (AvgIpc) is 3.16. The first-order valence-electron chi connectivity index (χ1n) is 8.16. The van der Waals surface area contributed by atoms with E-state index in [1.807, 2.05) is 0 Å². The predicted molar refractivity (Wildman–Crippen MR) is 89.4 cm³/mol. The molecule has 1 aromatic carbocycles. The number of sulfonamides is 1. The fourth-order valence-electron chi connectivity index (χ4n) is 3.12. The molecule has 1 atom stereocenters. The highest BCUT2D eigenvalue weighted by molar-refractivity contribution is 7.89. The molecule has 1 amide bonds.